The molecular weight excluding hydrogens is 676 g/mol. The molecule has 1 aliphatic carbocycles. The van der Waals surface area contributed by atoms with Gasteiger partial charge in [0.1, 0.15) is 23.9 Å². The lowest BCUT2D eigenvalue weighted by Gasteiger charge is -2.43. The van der Waals surface area contributed by atoms with Crippen molar-refractivity contribution in [2.45, 2.75) is 88.7 Å². The monoisotopic (exact) mass is 722 g/mol. The van der Waals surface area contributed by atoms with Gasteiger partial charge in [-0.3, -0.25) is 9.58 Å². The van der Waals surface area contributed by atoms with Gasteiger partial charge in [-0.15, -0.1) is 10.2 Å². The quantitative estimate of drug-likeness (QED) is 0.146. The van der Waals surface area contributed by atoms with Crippen LogP contribution < -0.4 is 14.8 Å². The molecule has 1 aromatic carbocycles. The fourth-order valence-electron chi connectivity index (χ4n) is 7.42. The van der Waals surface area contributed by atoms with Crippen LogP contribution in [0.3, 0.4) is 0 Å². The highest BCUT2D eigenvalue weighted by molar-refractivity contribution is 6.32. The zero-order valence-corrected chi connectivity index (χ0v) is 30.0. The maximum Gasteiger partial charge on any atom is 0.256 e. The van der Waals surface area contributed by atoms with E-state index in [0.717, 1.165) is 62.1 Å². The molecule has 1 saturated carbocycles. The number of halogens is 1. The Bertz CT molecular complexity index is 1650. The molecule has 3 atom stereocenters. The first-order chi connectivity index (χ1) is 25.0. The number of anilines is 2. The Kier molecular flexibility index (Phi) is 11.9. The Labute approximate surface area is 302 Å². The van der Waals surface area contributed by atoms with Crippen molar-refractivity contribution in [1.29, 1.82) is 0 Å². The van der Waals surface area contributed by atoms with E-state index in [1.807, 2.05) is 25.3 Å². The summed E-state index contributed by atoms with van der Waals surface area (Å²) in [5, 5.41) is 20.0. The molecule has 3 aromatic heterocycles. The summed E-state index contributed by atoms with van der Waals surface area (Å²) in [4.78, 5) is 12.0. The molecule has 51 heavy (non-hydrogen) atoms. The van der Waals surface area contributed by atoms with Crippen LogP contribution in [0.25, 0.3) is 11.1 Å². The number of morpholine rings is 1. The van der Waals surface area contributed by atoms with Crippen molar-refractivity contribution in [1.82, 2.24) is 44.9 Å². The standard InChI is InChI=1S/C35H47ClN10O5/c1-24(19-44-23-39-42-43-44)51-33-16-25(4-11-31(33)36)26-17-37-35(38-18-26)40-32-20-45(41-34(32)50-13-3-12-48-15-14-47-2)27-5-7-28(8-6-27)46-29-9-10-30(46)22-49-21-29/h4,11,16-18,20,23-24,27-30H,3,5-10,12-15,19,21-22H2,1-2H3,(H,37,38,40)/t24-,27-,28-,29-,30+/m0/s1. The van der Waals surface area contributed by atoms with Gasteiger partial charge in [0.2, 0.25) is 5.95 Å². The fraction of sp³-hybridized carbons (Fsp3) is 0.600. The smallest absolute Gasteiger partial charge is 0.256 e. The van der Waals surface area contributed by atoms with Gasteiger partial charge in [-0.1, -0.05) is 17.7 Å². The van der Waals surface area contributed by atoms with Crippen LogP contribution in [-0.4, -0.2) is 116 Å². The number of aromatic nitrogens is 8. The summed E-state index contributed by atoms with van der Waals surface area (Å²) in [7, 11) is 1.67. The van der Waals surface area contributed by atoms with Crippen LogP contribution in [0, 0.1) is 0 Å². The Morgan fingerprint density at radius 2 is 1.71 bits per heavy atom. The van der Waals surface area contributed by atoms with Crippen LogP contribution in [-0.2, 0) is 20.8 Å². The van der Waals surface area contributed by atoms with E-state index >= 15 is 0 Å². The maximum atomic E-state index is 6.48. The van der Waals surface area contributed by atoms with E-state index in [0.29, 0.717) is 79.7 Å². The number of rotatable bonds is 17. The third kappa shape index (κ3) is 8.95. The number of ether oxygens (including phenoxy) is 5. The number of hydrogen-bond acceptors (Lipinski definition) is 13. The Balaban J connectivity index is 1.00. The van der Waals surface area contributed by atoms with Crippen LogP contribution in [0.2, 0.25) is 5.02 Å². The van der Waals surface area contributed by atoms with E-state index in [1.165, 1.54) is 12.8 Å². The molecule has 15 nitrogen and oxygen atoms in total. The molecule has 2 saturated heterocycles. The van der Waals surface area contributed by atoms with Crippen molar-refractivity contribution in [3.8, 4) is 22.8 Å². The van der Waals surface area contributed by atoms with Gasteiger partial charge in [-0.2, -0.15) is 0 Å². The topological polar surface area (TPSA) is 149 Å². The average Bonchev–Trinajstić information content (AvgIpc) is 3.87. The van der Waals surface area contributed by atoms with Crippen LogP contribution in [0.4, 0.5) is 11.6 Å². The number of fused-ring (bicyclic) bond motifs is 2. The van der Waals surface area contributed by atoms with Gasteiger partial charge < -0.3 is 29.0 Å². The average molecular weight is 723 g/mol. The summed E-state index contributed by atoms with van der Waals surface area (Å²) in [6, 6.07) is 7.71. The summed E-state index contributed by atoms with van der Waals surface area (Å²) >= 11 is 6.48. The van der Waals surface area contributed by atoms with Gasteiger partial charge >= 0.3 is 0 Å². The molecule has 3 aliphatic rings. The number of nitrogens with zero attached hydrogens (tertiary/aromatic N) is 9. The summed E-state index contributed by atoms with van der Waals surface area (Å²) < 4.78 is 32.5. The lowest BCUT2D eigenvalue weighted by atomic mass is 9.89. The van der Waals surface area contributed by atoms with E-state index in [4.69, 9.17) is 40.4 Å². The molecule has 0 amide bonds. The summed E-state index contributed by atoms with van der Waals surface area (Å²) in [6.07, 6.45) is 14.6. The third-order valence-electron chi connectivity index (χ3n) is 9.89. The van der Waals surface area contributed by atoms with Crippen molar-refractivity contribution >= 4 is 23.2 Å². The number of nitrogens with one attached hydrogen (secondary N) is 1. The predicted octanol–water partition coefficient (Wildman–Crippen LogP) is 4.97. The van der Waals surface area contributed by atoms with Crippen LogP contribution in [0.5, 0.6) is 11.6 Å². The molecule has 274 valence electrons. The zero-order chi connectivity index (χ0) is 35.0. The minimum atomic E-state index is -0.209. The van der Waals surface area contributed by atoms with Crippen LogP contribution >= 0.6 is 11.6 Å². The van der Waals surface area contributed by atoms with Gasteiger partial charge in [0.15, 0.2) is 0 Å². The highest BCUT2D eigenvalue weighted by Gasteiger charge is 2.42. The van der Waals surface area contributed by atoms with Gasteiger partial charge in [0.05, 0.1) is 56.8 Å². The molecule has 2 bridgehead atoms. The SMILES string of the molecule is COCCOCCCOc1nn([C@H]2CC[C@H](N3[C@@H]4CC[C@H]3COC4)CC2)cc1Nc1ncc(-c2ccc(Cl)c(O[C@@H](C)Cn3cnnn3)c2)cn1. The van der Waals surface area contributed by atoms with Crippen LogP contribution in [0.15, 0.2) is 43.1 Å². The van der Waals surface area contributed by atoms with Crippen molar-refractivity contribution in [2.24, 2.45) is 0 Å². The summed E-state index contributed by atoms with van der Waals surface area (Å²) in [5.41, 5.74) is 2.43. The van der Waals surface area contributed by atoms with E-state index in [2.05, 4.69) is 40.4 Å². The molecular formula is C35H47ClN10O5. The second-order valence-corrected chi connectivity index (χ2v) is 13.9. The second-order valence-electron chi connectivity index (χ2n) is 13.5. The normalized spacial score (nSPS) is 22.6. The number of hydrogen-bond donors (Lipinski definition) is 1. The van der Waals surface area contributed by atoms with Gasteiger partial charge in [-0.05, 0) is 73.6 Å². The maximum absolute atomic E-state index is 6.48. The number of tetrazole rings is 1. The molecule has 4 aromatic rings. The summed E-state index contributed by atoms with van der Waals surface area (Å²) in [5.74, 6) is 1.53. The van der Waals surface area contributed by atoms with E-state index in [9.17, 15) is 0 Å². The molecule has 1 N–H and O–H groups in total. The molecule has 0 radical (unpaired) electrons. The first-order valence-electron chi connectivity index (χ1n) is 17.9. The van der Waals surface area contributed by atoms with E-state index in [1.54, 1.807) is 36.6 Å². The van der Waals surface area contributed by atoms with Crippen LogP contribution in [0.1, 0.15) is 57.9 Å². The first-order valence-corrected chi connectivity index (χ1v) is 18.3. The minimum absolute atomic E-state index is 0.209. The van der Waals surface area contributed by atoms with Crippen molar-refractivity contribution in [2.75, 3.05) is 52.1 Å². The molecule has 7 rings (SSSR count). The largest absolute Gasteiger partial charge is 0.487 e. The van der Waals surface area contributed by atoms with E-state index < -0.39 is 0 Å². The number of benzene rings is 1. The molecule has 5 heterocycles. The van der Waals surface area contributed by atoms with Gasteiger partial charge in [0, 0.05) is 56.2 Å². The highest BCUT2D eigenvalue weighted by Crippen LogP contribution is 2.39. The van der Waals surface area contributed by atoms with Gasteiger partial charge in [-0.25, -0.2) is 14.6 Å². The van der Waals surface area contributed by atoms with Crippen molar-refractivity contribution in [3.05, 3.63) is 48.1 Å². The molecule has 16 heteroatoms. The second kappa shape index (κ2) is 17.1. The third-order valence-corrected chi connectivity index (χ3v) is 10.2. The lowest BCUT2D eigenvalue weighted by Crippen LogP contribution is -2.52. The Hall–Kier alpha value is -3.89. The molecule has 0 spiro atoms. The predicted molar refractivity (Wildman–Crippen MR) is 189 cm³/mol. The first kappa shape index (κ1) is 35.5. The van der Waals surface area contributed by atoms with Crippen molar-refractivity contribution in [3.63, 3.8) is 0 Å². The fourth-order valence-corrected chi connectivity index (χ4v) is 7.58. The molecule has 3 fully saturated rings. The zero-order valence-electron chi connectivity index (χ0n) is 29.3. The van der Waals surface area contributed by atoms with Crippen molar-refractivity contribution < 1.29 is 23.7 Å². The Morgan fingerprint density at radius 1 is 0.941 bits per heavy atom. The Morgan fingerprint density at radius 3 is 2.45 bits per heavy atom. The highest BCUT2D eigenvalue weighted by atomic mass is 35.5. The number of methoxy groups -OCH3 is 1. The minimum Gasteiger partial charge on any atom is -0.487 e. The van der Waals surface area contributed by atoms with Gasteiger partial charge in [0.25, 0.3) is 5.88 Å². The lowest BCUT2D eigenvalue weighted by molar-refractivity contribution is -0.0458. The molecule has 0 unspecified atom stereocenters. The van der Waals surface area contributed by atoms with E-state index in [-0.39, 0.29) is 6.10 Å². The summed E-state index contributed by atoms with van der Waals surface area (Å²) in [6.45, 7) is 6.37. The molecule has 2 aliphatic heterocycles.